The second kappa shape index (κ2) is 5.41. The summed E-state index contributed by atoms with van der Waals surface area (Å²) in [6.45, 7) is 5.11. The molecule has 1 N–H and O–H groups in total. The molecule has 0 aromatic carbocycles. The lowest BCUT2D eigenvalue weighted by Gasteiger charge is -1.97. The molecule has 16 heavy (non-hydrogen) atoms. The van der Waals surface area contributed by atoms with E-state index in [0.717, 1.165) is 30.3 Å². The van der Waals surface area contributed by atoms with Crippen LogP contribution in [-0.2, 0) is 13.0 Å². The summed E-state index contributed by atoms with van der Waals surface area (Å²) >= 11 is 3.27. The van der Waals surface area contributed by atoms with Gasteiger partial charge in [-0.2, -0.15) is 4.37 Å². The molecule has 5 heteroatoms. The Bertz CT molecular complexity index is 448. The van der Waals surface area contributed by atoms with E-state index in [1.807, 2.05) is 11.3 Å². The van der Waals surface area contributed by atoms with E-state index in [4.69, 9.17) is 0 Å². The zero-order valence-corrected chi connectivity index (χ0v) is 11.1. The fourth-order valence-corrected chi connectivity index (χ4v) is 2.83. The Morgan fingerprint density at radius 2 is 2.25 bits per heavy atom. The van der Waals surface area contributed by atoms with Crippen molar-refractivity contribution in [2.24, 2.45) is 0 Å². The molecule has 0 saturated carbocycles. The number of anilines is 1. The molecule has 0 aliphatic carbocycles. The molecule has 0 aliphatic rings. The maximum absolute atomic E-state index is 4.42. The van der Waals surface area contributed by atoms with Gasteiger partial charge in [0.25, 0.3) is 0 Å². The van der Waals surface area contributed by atoms with Crippen LogP contribution in [0.3, 0.4) is 0 Å². The number of hydrogen-bond acceptors (Lipinski definition) is 5. The van der Waals surface area contributed by atoms with Gasteiger partial charge in [-0.25, -0.2) is 4.98 Å². The van der Waals surface area contributed by atoms with E-state index in [-0.39, 0.29) is 0 Å². The highest BCUT2D eigenvalue weighted by molar-refractivity contribution is 7.12. The normalized spacial score (nSPS) is 10.6. The van der Waals surface area contributed by atoms with E-state index in [2.05, 4.69) is 40.7 Å². The van der Waals surface area contributed by atoms with Crippen molar-refractivity contribution in [3.8, 4) is 0 Å². The van der Waals surface area contributed by atoms with Gasteiger partial charge < -0.3 is 5.32 Å². The Labute approximate surface area is 104 Å². The summed E-state index contributed by atoms with van der Waals surface area (Å²) in [5.41, 5.74) is 0. The third-order valence-corrected chi connectivity index (χ3v) is 3.86. The van der Waals surface area contributed by atoms with Crippen LogP contribution in [-0.4, -0.2) is 9.36 Å². The highest BCUT2D eigenvalue weighted by Crippen LogP contribution is 2.18. The minimum Gasteiger partial charge on any atom is -0.355 e. The number of aromatic nitrogens is 2. The first-order valence-electron chi connectivity index (χ1n) is 5.39. The second-order valence-electron chi connectivity index (χ2n) is 3.63. The Morgan fingerprint density at radius 3 is 2.94 bits per heavy atom. The molecule has 86 valence electrons. The average molecular weight is 253 g/mol. The van der Waals surface area contributed by atoms with Gasteiger partial charge in [0, 0.05) is 27.7 Å². The third-order valence-electron chi connectivity index (χ3n) is 2.15. The number of thiophene rings is 1. The van der Waals surface area contributed by atoms with Crippen molar-refractivity contribution in [1.82, 2.24) is 9.36 Å². The lowest BCUT2D eigenvalue weighted by atomic mass is 10.3. The minimum atomic E-state index is 0.846. The Kier molecular flexibility index (Phi) is 3.90. The molecule has 0 atom stereocenters. The van der Waals surface area contributed by atoms with Crippen LogP contribution < -0.4 is 5.32 Å². The van der Waals surface area contributed by atoms with E-state index in [0.29, 0.717) is 0 Å². The van der Waals surface area contributed by atoms with E-state index < -0.39 is 0 Å². The molecule has 2 aromatic rings. The topological polar surface area (TPSA) is 37.8 Å². The summed E-state index contributed by atoms with van der Waals surface area (Å²) in [6.07, 6.45) is 2.07. The Hall–Kier alpha value is -0.940. The van der Waals surface area contributed by atoms with Crippen LogP contribution in [0.25, 0.3) is 0 Å². The molecule has 0 spiro atoms. The van der Waals surface area contributed by atoms with Crippen LogP contribution in [0.15, 0.2) is 12.1 Å². The quantitative estimate of drug-likeness (QED) is 0.886. The summed E-state index contributed by atoms with van der Waals surface area (Å²) < 4.78 is 4.29. The monoisotopic (exact) mass is 253 g/mol. The van der Waals surface area contributed by atoms with Crippen molar-refractivity contribution in [3.63, 3.8) is 0 Å². The maximum atomic E-state index is 4.42. The fourth-order valence-electron chi connectivity index (χ4n) is 1.39. The molecule has 0 radical (unpaired) electrons. The molecule has 2 rings (SSSR count). The van der Waals surface area contributed by atoms with E-state index in [1.54, 1.807) is 0 Å². The SMILES string of the molecule is CCCc1nsc(NCc2ccc(C)s2)n1. The minimum absolute atomic E-state index is 0.846. The molecule has 2 aromatic heterocycles. The lowest BCUT2D eigenvalue weighted by Crippen LogP contribution is -1.97. The highest BCUT2D eigenvalue weighted by atomic mass is 32.1. The summed E-state index contributed by atoms with van der Waals surface area (Å²) in [5, 5.41) is 4.23. The van der Waals surface area contributed by atoms with Gasteiger partial charge in [0.05, 0.1) is 6.54 Å². The molecule has 0 unspecified atom stereocenters. The zero-order chi connectivity index (χ0) is 11.4. The van der Waals surface area contributed by atoms with E-state index in [9.17, 15) is 0 Å². The largest absolute Gasteiger partial charge is 0.355 e. The fraction of sp³-hybridized carbons (Fsp3) is 0.455. The second-order valence-corrected chi connectivity index (χ2v) is 5.76. The third kappa shape index (κ3) is 3.02. The summed E-state index contributed by atoms with van der Waals surface area (Å²) in [4.78, 5) is 7.11. The first-order valence-corrected chi connectivity index (χ1v) is 6.98. The van der Waals surface area contributed by atoms with Gasteiger partial charge in [0.15, 0.2) is 0 Å². The van der Waals surface area contributed by atoms with Crippen molar-refractivity contribution in [1.29, 1.82) is 0 Å². The molecule has 0 amide bonds. The van der Waals surface area contributed by atoms with Crippen molar-refractivity contribution in [3.05, 3.63) is 27.7 Å². The van der Waals surface area contributed by atoms with Gasteiger partial charge in [0.1, 0.15) is 5.82 Å². The molecule has 0 aliphatic heterocycles. The first-order chi connectivity index (χ1) is 7.78. The zero-order valence-electron chi connectivity index (χ0n) is 9.49. The smallest absolute Gasteiger partial charge is 0.202 e. The van der Waals surface area contributed by atoms with Crippen LogP contribution in [0, 0.1) is 6.92 Å². The molecule has 3 nitrogen and oxygen atoms in total. The summed E-state index contributed by atoms with van der Waals surface area (Å²) in [6, 6.07) is 4.30. The van der Waals surface area contributed by atoms with Crippen molar-refractivity contribution in [2.75, 3.05) is 5.32 Å². The number of hydrogen-bond donors (Lipinski definition) is 1. The molecule has 0 fully saturated rings. The van der Waals surface area contributed by atoms with Crippen LogP contribution in [0.2, 0.25) is 0 Å². The van der Waals surface area contributed by atoms with E-state index >= 15 is 0 Å². The maximum Gasteiger partial charge on any atom is 0.202 e. The van der Waals surface area contributed by atoms with Gasteiger partial charge in [-0.1, -0.05) is 6.92 Å². The standard InChI is InChI=1S/C11H15N3S2/c1-3-4-10-13-11(16-14-10)12-7-9-6-5-8(2)15-9/h5-6H,3-4,7H2,1-2H3,(H,12,13,14). The van der Waals surface area contributed by atoms with Crippen LogP contribution in [0.5, 0.6) is 0 Å². The molecular formula is C11H15N3S2. The van der Waals surface area contributed by atoms with Crippen LogP contribution >= 0.6 is 22.9 Å². The number of nitrogens with zero attached hydrogens (tertiary/aromatic N) is 2. The first kappa shape index (κ1) is 11.5. The van der Waals surface area contributed by atoms with Gasteiger partial charge in [-0.15, -0.1) is 11.3 Å². The lowest BCUT2D eigenvalue weighted by molar-refractivity contribution is 0.861. The van der Waals surface area contributed by atoms with E-state index in [1.165, 1.54) is 21.3 Å². The molecule has 0 bridgehead atoms. The van der Waals surface area contributed by atoms with Crippen molar-refractivity contribution < 1.29 is 0 Å². The highest BCUT2D eigenvalue weighted by Gasteiger charge is 2.03. The predicted molar refractivity (Wildman–Crippen MR) is 70.3 cm³/mol. The summed E-state index contributed by atoms with van der Waals surface area (Å²) in [5.74, 6) is 0.956. The van der Waals surface area contributed by atoms with Crippen molar-refractivity contribution >= 4 is 28.0 Å². The van der Waals surface area contributed by atoms with Gasteiger partial charge >= 0.3 is 0 Å². The van der Waals surface area contributed by atoms with Gasteiger partial charge in [-0.3, -0.25) is 0 Å². The van der Waals surface area contributed by atoms with Gasteiger partial charge in [-0.05, 0) is 25.5 Å². The molecule has 0 saturated heterocycles. The summed E-state index contributed by atoms with van der Waals surface area (Å²) in [7, 11) is 0. The molecular weight excluding hydrogens is 238 g/mol. The number of rotatable bonds is 5. The van der Waals surface area contributed by atoms with Crippen LogP contribution in [0.1, 0.15) is 28.9 Å². The van der Waals surface area contributed by atoms with Crippen molar-refractivity contribution in [2.45, 2.75) is 33.2 Å². The average Bonchev–Trinajstić information content (AvgIpc) is 2.85. The number of aryl methyl sites for hydroxylation is 2. The number of nitrogens with one attached hydrogen (secondary N) is 1. The predicted octanol–water partition coefficient (Wildman–Crippen LogP) is 3.47. The Balaban J connectivity index is 1.89. The van der Waals surface area contributed by atoms with Crippen LogP contribution in [0.4, 0.5) is 5.13 Å². The molecule has 2 heterocycles. The Morgan fingerprint density at radius 1 is 1.38 bits per heavy atom. The van der Waals surface area contributed by atoms with Gasteiger partial charge in [0.2, 0.25) is 5.13 Å².